The first-order chi connectivity index (χ1) is 12.7. The Balaban J connectivity index is 1.68. The first-order valence-electron chi connectivity index (χ1n) is 8.65. The maximum absolute atomic E-state index is 5.39. The molecular formula is C21H24N4O. The molecule has 0 spiro atoms. The van der Waals surface area contributed by atoms with Crippen LogP contribution in [0.4, 0.5) is 11.8 Å². The van der Waals surface area contributed by atoms with Gasteiger partial charge in [-0.25, -0.2) is 4.98 Å². The molecule has 0 amide bonds. The standard InChI is InChI=1S/C21H24N4O/c1-15-8-4-5-9-17(15)13-23-21-24-16(2)12-20(25-21)22-14-18-10-6-7-11-19(18)26-3/h4-12H,13-14H2,1-3H3,(H2,22,23,24,25). The predicted molar refractivity (Wildman–Crippen MR) is 106 cm³/mol. The highest BCUT2D eigenvalue weighted by molar-refractivity contribution is 5.45. The van der Waals surface area contributed by atoms with Crippen LogP contribution in [-0.2, 0) is 13.1 Å². The van der Waals surface area contributed by atoms with E-state index >= 15 is 0 Å². The zero-order valence-electron chi connectivity index (χ0n) is 15.4. The molecule has 0 saturated heterocycles. The molecule has 0 saturated carbocycles. The van der Waals surface area contributed by atoms with Crippen LogP contribution in [0, 0.1) is 13.8 Å². The van der Waals surface area contributed by atoms with Crippen LogP contribution in [0.5, 0.6) is 5.75 Å². The average molecular weight is 348 g/mol. The Morgan fingerprint density at radius 3 is 2.31 bits per heavy atom. The molecule has 0 atom stereocenters. The molecule has 0 aliphatic heterocycles. The fourth-order valence-corrected chi connectivity index (χ4v) is 2.76. The number of aryl methyl sites for hydroxylation is 2. The molecule has 5 heteroatoms. The van der Waals surface area contributed by atoms with E-state index in [1.54, 1.807) is 7.11 Å². The molecule has 2 N–H and O–H groups in total. The molecule has 0 aliphatic carbocycles. The smallest absolute Gasteiger partial charge is 0.225 e. The Kier molecular flexibility index (Phi) is 5.69. The van der Waals surface area contributed by atoms with Gasteiger partial charge >= 0.3 is 0 Å². The molecule has 0 aliphatic rings. The summed E-state index contributed by atoms with van der Waals surface area (Å²) < 4.78 is 5.39. The fraction of sp³-hybridized carbons (Fsp3) is 0.238. The Bertz CT molecular complexity index is 879. The van der Waals surface area contributed by atoms with Gasteiger partial charge in [-0.15, -0.1) is 0 Å². The number of nitrogens with one attached hydrogen (secondary N) is 2. The second-order valence-electron chi connectivity index (χ2n) is 6.16. The highest BCUT2D eigenvalue weighted by Gasteiger charge is 2.05. The molecule has 26 heavy (non-hydrogen) atoms. The van der Waals surface area contributed by atoms with Gasteiger partial charge < -0.3 is 15.4 Å². The molecule has 0 fully saturated rings. The maximum atomic E-state index is 5.39. The number of nitrogens with zero attached hydrogens (tertiary/aromatic N) is 2. The van der Waals surface area contributed by atoms with Gasteiger partial charge in [0.05, 0.1) is 7.11 Å². The molecule has 5 nitrogen and oxygen atoms in total. The topological polar surface area (TPSA) is 59.1 Å². The summed E-state index contributed by atoms with van der Waals surface area (Å²) in [6, 6.07) is 18.2. The lowest BCUT2D eigenvalue weighted by Gasteiger charge is -2.12. The van der Waals surface area contributed by atoms with E-state index in [1.165, 1.54) is 11.1 Å². The quantitative estimate of drug-likeness (QED) is 0.666. The molecule has 0 bridgehead atoms. The summed E-state index contributed by atoms with van der Waals surface area (Å²) in [7, 11) is 1.68. The first kappa shape index (κ1) is 17.7. The van der Waals surface area contributed by atoms with E-state index < -0.39 is 0 Å². The number of rotatable bonds is 7. The van der Waals surface area contributed by atoms with Crippen LogP contribution < -0.4 is 15.4 Å². The van der Waals surface area contributed by atoms with Crippen molar-refractivity contribution >= 4 is 11.8 Å². The van der Waals surface area contributed by atoms with E-state index in [9.17, 15) is 0 Å². The van der Waals surface area contributed by atoms with E-state index in [0.29, 0.717) is 19.0 Å². The van der Waals surface area contributed by atoms with E-state index in [0.717, 1.165) is 22.8 Å². The fourth-order valence-electron chi connectivity index (χ4n) is 2.76. The highest BCUT2D eigenvalue weighted by atomic mass is 16.5. The summed E-state index contributed by atoms with van der Waals surface area (Å²) in [5, 5.41) is 6.67. The SMILES string of the molecule is COc1ccccc1CNc1cc(C)nc(NCc2ccccc2C)n1. The van der Waals surface area contributed by atoms with E-state index in [4.69, 9.17) is 4.74 Å². The number of methoxy groups -OCH3 is 1. The number of hydrogen-bond acceptors (Lipinski definition) is 5. The van der Waals surface area contributed by atoms with Gasteiger partial charge in [0.2, 0.25) is 5.95 Å². The predicted octanol–water partition coefficient (Wildman–Crippen LogP) is 4.33. The summed E-state index contributed by atoms with van der Waals surface area (Å²) in [4.78, 5) is 9.06. The van der Waals surface area contributed by atoms with Gasteiger partial charge in [0.1, 0.15) is 11.6 Å². The summed E-state index contributed by atoms with van der Waals surface area (Å²) in [6.07, 6.45) is 0. The molecule has 0 radical (unpaired) electrons. The Hall–Kier alpha value is -3.08. The van der Waals surface area contributed by atoms with E-state index in [1.807, 2.05) is 49.4 Å². The lowest BCUT2D eigenvalue weighted by molar-refractivity contribution is 0.410. The monoisotopic (exact) mass is 348 g/mol. The molecule has 1 heterocycles. The normalized spacial score (nSPS) is 10.4. The second-order valence-corrected chi connectivity index (χ2v) is 6.16. The van der Waals surface area contributed by atoms with Crippen molar-refractivity contribution < 1.29 is 4.74 Å². The number of aromatic nitrogens is 2. The van der Waals surface area contributed by atoms with Gasteiger partial charge in [0, 0.05) is 30.4 Å². The molecule has 1 aromatic heterocycles. The summed E-state index contributed by atoms with van der Waals surface area (Å²) >= 11 is 0. The molecule has 3 aromatic rings. The minimum Gasteiger partial charge on any atom is -0.496 e. The van der Waals surface area contributed by atoms with Crippen LogP contribution in [0.25, 0.3) is 0 Å². The molecular weight excluding hydrogens is 324 g/mol. The van der Waals surface area contributed by atoms with Crippen LogP contribution in [0.2, 0.25) is 0 Å². The van der Waals surface area contributed by atoms with Crippen LogP contribution in [0.15, 0.2) is 54.6 Å². The van der Waals surface area contributed by atoms with Crippen molar-refractivity contribution in [2.45, 2.75) is 26.9 Å². The molecule has 3 rings (SSSR count). The van der Waals surface area contributed by atoms with Gasteiger partial charge in [0.25, 0.3) is 0 Å². The number of anilines is 2. The minimum atomic E-state index is 0.621. The van der Waals surface area contributed by atoms with Gasteiger partial charge in [-0.2, -0.15) is 4.98 Å². The third-order valence-electron chi connectivity index (χ3n) is 4.20. The van der Waals surface area contributed by atoms with Crippen molar-refractivity contribution in [3.05, 3.63) is 77.0 Å². The third kappa shape index (κ3) is 4.51. The lowest BCUT2D eigenvalue weighted by atomic mass is 10.1. The zero-order valence-corrected chi connectivity index (χ0v) is 15.4. The van der Waals surface area contributed by atoms with Crippen molar-refractivity contribution in [3.63, 3.8) is 0 Å². The Morgan fingerprint density at radius 1 is 0.846 bits per heavy atom. The molecule has 0 unspecified atom stereocenters. The van der Waals surface area contributed by atoms with E-state index in [-0.39, 0.29) is 0 Å². The van der Waals surface area contributed by atoms with Crippen molar-refractivity contribution in [1.29, 1.82) is 0 Å². The zero-order chi connectivity index (χ0) is 18.4. The van der Waals surface area contributed by atoms with Gasteiger partial charge in [-0.05, 0) is 31.0 Å². The van der Waals surface area contributed by atoms with Gasteiger partial charge in [-0.3, -0.25) is 0 Å². The van der Waals surface area contributed by atoms with E-state index in [2.05, 4.69) is 39.7 Å². The molecule has 134 valence electrons. The van der Waals surface area contributed by atoms with Crippen LogP contribution >= 0.6 is 0 Å². The Labute approximate surface area is 154 Å². The largest absolute Gasteiger partial charge is 0.496 e. The summed E-state index contributed by atoms with van der Waals surface area (Å²) in [6.45, 7) is 5.41. The average Bonchev–Trinajstić information content (AvgIpc) is 2.65. The minimum absolute atomic E-state index is 0.621. The van der Waals surface area contributed by atoms with Crippen molar-refractivity contribution in [2.75, 3.05) is 17.7 Å². The van der Waals surface area contributed by atoms with Crippen molar-refractivity contribution in [2.24, 2.45) is 0 Å². The highest BCUT2D eigenvalue weighted by Crippen LogP contribution is 2.19. The second kappa shape index (κ2) is 8.34. The number of para-hydroxylation sites is 1. The summed E-state index contributed by atoms with van der Waals surface area (Å²) in [5.41, 5.74) is 4.49. The van der Waals surface area contributed by atoms with Gasteiger partial charge in [-0.1, -0.05) is 42.5 Å². The number of hydrogen-bond donors (Lipinski definition) is 2. The van der Waals surface area contributed by atoms with Gasteiger partial charge in [0.15, 0.2) is 0 Å². The third-order valence-corrected chi connectivity index (χ3v) is 4.20. The van der Waals surface area contributed by atoms with Crippen molar-refractivity contribution in [3.8, 4) is 5.75 Å². The van der Waals surface area contributed by atoms with Crippen LogP contribution in [-0.4, -0.2) is 17.1 Å². The Morgan fingerprint density at radius 2 is 1.54 bits per heavy atom. The maximum Gasteiger partial charge on any atom is 0.225 e. The van der Waals surface area contributed by atoms with Crippen LogP contribution in [0.3, 0.4) is 0 Å². The van der Waals surface area contributed by atoms with Crippen molar-refractivity contribution in [1.82, 2.24) is 9.97 Å². The first-order valence-corrected chi connectivity index (χ1v) is 8.65. The van der Waals surface area contributed by atoms with Crippen LogP contribution in [0.1, 0.15) is 22.4 Å². The lowest BCUT2D eigenvalue weighted by Crippen LogP contribution is -2.09. The molecule has 2 aromatic carbocycles. The number of ether oxygens (including phenoxy) is 1. The number of benzene rings is 2. The summed E-state index contributed by atoms with van der Waals surface area (Å²) in [5.74, 6) is 2.27.